The van der Waals surface area contributed by atoms with E-state index in [2.05, 4.69) is 0 Å². The number of benzene rings is 2. The van der Waals surface area contributed by atoms with Crippen LogP contribution < -0.4 is 0 Å². The molecule has 4 rings (SSSR count). The summed E-state index contributed by atoms with van der Waals surface area (Å²) in [5.41, 5.74) is 1.22. The average Bonchev–Trinajstić information content (AvgIpc) is 2.85. The Kier molecular flexibility index (Phi) is 8.32. The molecule has 0 saturated carbocycles. The smallest absolute Gasteiger partial charge is 0.255 e. The first-order valence-corrected chi connectivity index (χ1v) is 12.9. The van der Waals surface area contributed by atoms with Gasteiger partial charge in [-0.2, -0.15) is 0 Å². The third-order valence-corrected chi connectivity index (χ3v) is 7.90. The normalized spacial score (nSPS) is 17.9. The molecule has 2 aromatic carbocycles. The predicted molar refractivity (Wildman–Crippen MR) is 134 cm³/mol. The molecular formula is C27H32Cl2N2O2. The second-order valence-electron chi connectivity index (χ2n) is 9.36. The van der Waals surface area contributed by atoms with Gasteiger partial charge in [-0.15, -0.1) is 0 Å². The number of piperidine rings is 2. The van der Waals surface area contributed by atoms with Crippen molar-refractivity contribution < 1.29 is 9.59 Å². The number of carbonyl (C=O) groups is 2. The SMILES string of the molecule is O=C(c1ccccc1Cl)N1CCC(CCCC2CCN(C(=O)c3ccccc3Cl)CC2)CC1. The Labute approximate surface area is 206 Å². The lowest BCUT2D eigenvalue weighted by molar-refractivity contribution is 0.0680. The highest BCUT2D eigenvalue weighted by Gasteiger charge is 2.27. The number of nitrogens with zero attached hydrogens (tertiary/aromatic N) is 2. The van der Waals surface area contributed by atoms with Crippen LogP contribution in [0.5, 0.6) is 0 Å². The van der Waals surface area contributed by atoms with Gasteiger partial charge in [-0.25, -0.2) is 0 Å². The van der Waals surface area contributed by atoms with Gasteiger partial charge in [0.15, 0.2) is 0 Å². The van der Waals surface area contributed by atoms with Crippen molar-refractivity contribution in [2.24, 2.45) is 11.8 Å². The monoisotopic (exact) mass is 486 g/mol. The molecule has 2 heterocycles. The Hall–Kier alpha value is -2.04. The molecule has 2 saturated heterocycles. The van der Waals surface area contributed by atoms with Crippen molar-refractivity contribution in [2.75, 3.05) is 26.2 Å². The van der Waals surface area contributed by atoms with Gasteiger partial charge in [0.1, 0.15) is 0 Å². The standard InChI is InChI=1S/C27H32Cl2N2O2/c28-24-10-3-1-8-22(24)26(32)30-16-12-20(13-17-30)6-5-7-21-14-18-31(19-15-21)27(33)23-9-2-4-11-25(23)29/h1-4,8-11,20-21H,5-7,12-19H2. The largest absolute Gasteiger partial charge is 0.339 e. The summed E-state index contributed by atoms with van der Waals surface area (Å²) >= 11 is 12.4. The fourth-order valence-electron chi connectivity index (χ4n) is 5.15. The molecule has 0 spiro atoms. The molecule has 2 aromatic rings. The van der Waals surface area contributed by atoms with Crippen molar-refractivity contribution in [3.8, 4) is 0 Å². The molecule has 0 bridgehead atoms. The summed E-state index contributed by atoms with van der Waals surface area (Å²) in [5, 5.41) is 1.06. The van der Waals surface area contributed by atoms with Crippen LogP contribution in [-0.4, -0.2) is 47.8 Å². The second-order valence-corrected chi connectivity index (χ2v) is 10.2. The molecule has 0 atom stereocenters. The highest BCUT2D eigenvalue weighted by Crippen LogP contribution is 2.29. The van der Waals surface area contributed by atoms with Crippen molar-refractivity contribution in [1.82, 2.24) is 9.80 Å². The van der Waals surface area contributed by atoms with Crippen LogP contribution in [0.4, 0.5) is 0 Å². The van der Waals surface area contributed by atoms with Gasteiger partial charge in [0, 0.05) is 26.2 Å². The van der Waals surface area contributed by atoms with E-state index in [-0.39, 0.29) is 11.8 Å². The first-order valence-electron chi connectivity index (χ1n) is 12.1. The summed E-state index contributed by atoms with van der Waals surface area (Å²) in [6, 6.07) is 14.6. The van der Waals surface area contributed by atoms with Gasteiger partial charge in [0.2, 0.25) is 0 Å². The molecule has 2 aliphatic rings. The fourth-order valence-corrected chi connectivity index (χ4v) is 5.59. The highest BCUT2D eigenvalue weighted by atomic mass is 35.5. The van der Waals surface area contributed by atoms with E-state index in [4.69, 9.17) is 23.2 Å². The molecule has 2 amide bonds. The van der Waals surface area contributed by atoms with Gasteiger partial charge >= 0.3 is 0 Å². The van der Waals surface area contributed by atoms with Crippen LogP contribution in [0.3, 0.4) is 0 Å². The molecular weight excluding hydrogens is 455 g/mol. The van der Waals surface area contributed by atoms with Crippen LogP contribution in [0.25, 0.3) is 0 Å². The Balaban J connectivity index is 1.14. The van der Waals surface area contributed by atoms with E-state index in [0.29, 0.717) is 33.0 Å². The van der Waals surface area contributed by atoms with E-state index >= 15 is 0 Å². The summed E-state index contributed by atoms with van der Waals surface area (Å²) in [5.74, 6) is 1.50. The van der Waals surface area contributed by atoms with Crippen LogP contribution in [-0.2, 0) is 0 Å². The maximum Gasteiger partial charge on any atom is 0.255 e. The van der Waals surface area contributed by atoms with E-state index in [9.17, 15) is 9.59 Å². The minimum absolute atomic E-state index is 0.0529. The molecule has 0 N–H and O–H groups in total. The number of hydrogen-bond donors (Lipinski definition) is 0. The lowest BCUT2D eigenvalue weighted by Crippen LogP contribution is -2.39. The average molecular weight is 487 g/mol. The van der Waals surface area contributed by atoms with Gasteiger partial charge in [-0.1, -0.05) is 66.7 Å². The van der Waals surface area contributed by atoms with E-state index in [1.165, 1.54) is 19.3 Å². The van der Waals surface area contributed by atoms with Crippen molar-refractivity contribution in [3.05, 3.63) is 69.7 Å². The molecule has 0 radical (unpaired) electrons. The Morgan fingerprint density at radius 1 is 0.667 bits per heavy atom. The first kappa shape index (κ1) is 24.1. The summed E-state index contributed by atoms with van der Waals surface area (Å²) in [7, 11) is 0. The van der Waals surface area contributed by atoms with Crippen molar-refractivity contribution in [1.29, 1.82) is 0 Å². The molecule has 176 valence electrons. The number of likely N-dealkylation sites (tertiary alicyclic amines) is 2. The van der Waals surface area contributed by atoms with E-state index < -0.39 is 0 Å². The zero-order valence-corrected chi connectivity index (χ0v) is 20.5. The summed E-state index contributed by atoms with van der Waals surface area (Å²) in [6.45, 7) is 3.27. The lowest BCUT2D eigenvalue weighted by Gasteiger charge is -2.34. The summed E-state index contributed by atoms with van der Waals surface area (Å²) in [4.78, 5) is 29.4. The third-order valence-electron chi connectivity index (χ3n) is 7.24. The van der Waals surface area contributed by atoms with Crippen LogP contribution in [0.1, 0.15) is 65.7 Å². The van der Waals surface area contributed by atoms with Crippen molar-refractivity contribution >= 4 is 35.0 Å². The van der Waals surface area contributed by atoms with E-state index in [1.54, 1.807) is 12.1 Å². The van der Waals surface area contributed by atoms with Crippen molar-refractivity contribution in [2.45, 2.75) is 44.9 Å². The number of hydrogen-bond acceptors (Lipinski definition) is 2. The van der Waals surface area contributed by atoms with Gasteiger partial charge in [0.25, 0.3) is 11.8 Å². The highest BCUT2D eigenvalue weighted by molar-refractivity contribution is 6.34. The Bertz CT molecular complexity index is 887. The summed E-state index contributed by atoms with van der Waals surface area (Å²) < 4.78 is 0. The number of amides is 2. The fraction of sp³-hybridized carbons (Fsp3) is 0.481. The number of halogens is 2. The van der Waals surface area contributed by atoms with Crippen LogP contribution in [0.2, 0.25) is 10.0 Å². The third kappa shape index (κ3) is 6.10. The molecule has 0 aromatic heterocycles. The van der Waals surface area contributed by atoms with Crippen LogP contribution in [0, 0.1) is 11.8 Å². The second kappa shape index (κ2) is 11.4. The minimum Gasteiger partial charge on any atom is -0.339 e. The Morgan fingerprint density at radius 2 is 1.03 bits per heavy atom. The molecule has 2 fully saturated rings. The zero-order valence-electron chi connectivity index (χ0n) is 19.0. The zero-order chi connectivity index (χ0) is 23.2. The maximum absolute atomic E-state index is 12.7. The van der Waals surface area contributed by atoms with E-state index in [0.717, 1.165) is 51.9 Å². The molecule has 33 heavy (non-hydrogen) atoms. The molecule has 4 nitrogen and oxygen atoms in total. The van der Waals surface area contributed by atoms with Gasteiger partial charge < -0.3 is 9.80 Å². The molecule has 0 unspecified atom stereocenters. The molecule has 6 heteroatoms. The number of carbonyl (C=O) groups excluding carboxylic acids is 2. The van der Waals surface area contributed by atoms with Crippen molar-refractivity contribution in [3.63, 3.8) is 0 Å². The topological polar surface area (TPSA) is 40.6 Å². The Morgan fingerprint density at radius 3 is 1.39 bits per heavy atom. The molecule has 2 aliphatic heterocycles. The van der Waals surface area contributed by atoms with Gasteiger partial charge in [0.05, 0.1) is 21.2 Å². The first-order chi connectivity index (χ1) is 16.0. The van der Waals surface area contributed by atoms with Gasteiger partial charge in [-0.05, 0) is 61.8 Å². The summed E-state index contributed by atoms with van der Waals surface area (Å²) in [6.07, 6.45) is 7.97. The minimum atomic E-state index is 0.0529. The maximum atomic E-state index is 12.7. The predicted octanol–water partition coefficient (Wildman–Crippen LogP) is 6.57. The number of rotatable bonds is 6. The lowest BCUT2D eigenvalue weighted by atomic mass is 9.86. The van der Waals surface area contributed by atoms with Crippen LogP contribution in [0.15, 0.2) is 48.5 Å². The van der Waals surface area contributed by atoms with E-state index in [1.807, 2.05) is 46.2 Å². The van der Waals surface area contributed by atoms with Crippen LogP contribution >= 0.6 is 23.2 Å². The quantitative estimate of drug-likeness (QED) is 0.463. The van der Waals surface area contributed by atoms with Gasteiger partial charge in [-0.3, -0.25) is 9.59 Å². The molecule has 0 aliphatic carbocycles.